The van der Waals surface area contributed by atoms with Crippen molar-refractivity contribution in [2.24, 2.45) is 0 Å². The van der Waals surface area contributed by atoms with Gasteiger partial charge in [-0.25, -0.2) is 4.39 Å². The molecule has 4 nitrogen and oxygen atoms in total. The number of amides is 1. The van der Waals surface area contributed by atoms with Crippen LogP contribution in [0.4, 0.5) is 13.2 Å². The van der Waals surface area contributed by atoms with Gasteiger partial charge in [-0.15, -0.1) is 0 Å². The van der Waals surface area contributed by atoms with Crippen LogP contribution >= 0.6 is 0 Å². The second-order valence-electron chi connectivity index (χ2n) is 5.46. The predicted octanol–water partition coefficient (Wildman–Crippen LogP) is 3.74. The SMILES string of the molecule is O=C(NCC(F)(F)c1ccc(F)cc1)c1ccc(-c2cn[nH]c2)cc1. The normalized spacial score (nSPS) is 11.3. The van der Waals surface area contributed by atoms with Gasteiger partial charge in [0.25, 0.3) is 11.8 Å². The maximum atomic E-state index is 14.1. The van der Waals surface area contributed by atoms with Gasteiger partial charge in [0, 0.05) is 22.9 Å². The molecule has 0 fully saturated rings. The maximum Gasteiger partial charge on any atom is 0.290 e. The molecule has 0 aliphatic rings. The summed E-state index contributed by atoms with van der Waals surface area (Å²) in [4.78, 5) is 12.1. The highest BCUT2D eigenvalue weighted by Crippen LogP contribution is 2.27. The van der Waals surface area contributed by atoms with Crippen LogP contribution in [0, 0.1) is 5.82 Å². The second kappa shape index (κ2) is 6.80. The van der Waals surface area contributed by atoms with Crippen molar-refractivity contribution < 1.29 is 18.0 Å². The van der Waals surface area contributed by atoms with Crippen molar-refractivity contribution in [3.05, 3.63) is 77.9 Å². The Balaban J connectivity index is 1.65. The van der Waals surface area contributed by atoms with Crippen LogP contribution < -0.4 is 5.32 Å². The molecule has 0 bridgehead atoms. The Kier molecular flexibility index (Phi) is 4.56. The Morgan fingerprint density at radius 2 is 1.72 bits per heavy atom. The van der Waals surface area contributed by atoms with E-state index in [1.54, 1.807) is 36.7 Å². The minimum atomic E-state index is -3.29. The van der Waals surface area contributed by atoms with Gasteiger partial charge >= 0.3 is 0 Å². The fourth-order valence-corrected chi connectivity index (χ4v) is 2.31. The van der Waals surface area contributed by atoms with Crippen LogP contribution in [0.2, 0.25) is 0 Å². The average molecular weight is 345 g/mol. The Morgan fingerprint density at radius 1 is 1.04 bits per heavy atom. The molecule has 1 heterocycles. The van der Waals surface area contributed by atoms with Gasteiger partial charge < -0.3 is 5.32 Å². The molecule has 1 aromatic heterocycles. The van der Waals surface area contributed by atoms with E-state index in [0.29, 0.717) is 0 Å². The molecule has 2 N–H and O–H groups in total. The summed E-state index contributed by atoms with van der Waals surface area (Å²) in [6.45, 7) is -0.874. The lowest BCUT2D eigenvalue weighted by Crippen LogP contribution is -2.35. The van der Waals surface area contributed by atoms with Gasteiger partial charge in [-0.2, -0.15) is 13.9 Å². The monoisotopic (exact) mass is 345 g/mol. The summed E-state index contributed by atoms with van der Waals surface area (Å²) >= 11 is 0. The lowest BCUT2D eigenvalue weighted by Gasteiger charge is -2.17. The van der Waals surface area contributed by atoms with Crippen LogP contribution in [0.25, 0.3) is 11.1 Å². The molecule has 0 spiro atoms. The van der Waals surface area contributed by atoms with E-state index in [2.05, 4.69) is 15.5 Å². The number of rotatable bonds is 5. The number of nitrogens with zero attached hydrogens (tertiary/aromatic N) is 1. The summed E-state index contributed by atoms with van der Waals surface area (Å²) in [5, 5.41) is 8.73. The number of carbonyl (C=O) groups is 1. The van der Waals surface area contributed by atoms with Gasteiger partial charge in [-0.05, 0) is 29.8 Å². The van der Waals surface area contributed by atoms with Gasteiger partial charge in [0.05, 0.1) is 12.7 Å². The number of nitrogens with one attached hydrogen (secondary N) is 2. The molecule has 0 atom stereocenters. The highest BCUT2D eigenvalue weighted by molar-refractivity contribution is 5.94. The van der Waals surface area contributed by atoms with Gasteiger partial charge in [0.15, 0.2) is 0 Å². The van der Waals surface area contributed by atoms with Crippen LogP contribution in [0.1, 0.15) is 15.9 Å². The summed E-state index contributed by atoms with van der Waals surface area (Å²) in [7, 11) is 0. The van der Waals surface area contributed by atoms with E-state index >= 15 is 0 Å². The summed E-state index contributed by atoms with van der Waals surface area (Å²) in [6.07, 6.45) is 3.34. The third-order valence-corrected chi connectivity index (χ3v) is 3.72. The largest absolute Gasteiger partial charge is 0.346 e. The Hall–Kier alpha value is -3.09. The molecular formula is C18H14F3N3O. The van der Waals surface area contributed by atoms with E-state index in [9.17, 15) is 18.0 Å². The molecular weight excluding hydrogens is 331 g/mol. The summed E-state index contributed by atoms with van der Waals surface area (Å²) < 4.78 is 41.0. The zero-order chi connectivity index (χ0) is 17.9. The number of aromatic nitrogens is 2. The first kappa shape index (κ1) is 16.8. The standard InChI is InChI=1S/C18H14F3N3O/c19-16-7-5-15(6-8-16)18(20,21)11-22-17(25)13-3-1-12(2-4-13)14-9-23-24-10-14/h1-10H,11H2,(H,22,25)(H,23,24). The van der Waals surface area contributed by atoms with Crippen molar-refractivity contribution >= 4 is 5.91 Å². The fraction of sp³-hybridized carbons (Fsp3) is 0.111. The first-order chi connectivity index (χ1) is 12.0. The minimum Gasteiger partial charge on any atom is -0.346 e. The molecule has 1 amide bonds. The molecule has 3 rings (SSSR count). The average Bonchev–Trinajstić information content (AvgIpc) is 3.15. The van der Waals surface area contributed by atoms with Gasteiger partial charge in [0.2, 0.25) is 0 Å². The molecule has 0 aliphatic heterocycles. The van der Waals surface area contributed by atoms with E-state index < -0.39 is 24.2 Å². The number of halogens is 3. The van der Waals surface area contributed by atoms with Gasteiger partial charge in [-0.1, -0.05) is 24.3 Å². The molecule has 3 aromatic rings. The summed E-state index contributed by atoms with van der Waals surface area (Å²) in [6, 6.07) is 10.4. The van der Waals surface area contributed by atoms with E-state index in [1.807, 2.05) is 0 Å². The molecule has 0 saturated heterocycles. The van der Waals surface area contributed by atoms with Crippen LogP contribution in [0.3, 0.4) is 0 Å². The topological polar surface area (TPSA) is 57.8 Å². The van der Waals surface area contributed by atoms with Crippen LogP contribution in [-0.2, 0) is 5.92 Å². The number of H-pyrrole nitrogens is 1. The van der Waals surface area contributed by atoms with Crippen molar-refractivity contribution in [2.45, 2.75) is 5.92 Å². The Morgan fingerprint density at radius 3 is 2.32 bits per heavy atom. The van der Waals surface area contributed by atoms with Crippen molar-refractivity contribution in [1.29, 1.82) is 0 Å². The van der Waals surface area contributed by atoms with Crippen LogP contribution in [0.15, 0.2) is 60.9 Å². The lowest BCUT2D eigenvalue weighted by molar-refractivity contribution is -0.00252. The third-order valence-electron chi connectivity index (χ3n) is 3.72. The smallest absolute Gasteiger partial charge is 0.290 e. The highest BCUT2D eigenvalue weighted by atomic mass is 19.3. The number of hydrogen-bond donors (Lipinski definition) is 2. The fourth-order valence-electron chi connectivity index (χ4n) is 2.31. The number of aromatic amines is 1. The first-order valence-corrected chi connectivity index (χ1v) is 7.47. The molecule has 0 radical (unpaired) electrons. The number of alkyl halides is 2. The Bertz CT molecular complexity index is 844. The quantitative estimate of drug-likeness (QED) is 0.740. The second-order valence-corrected chi connectivity index (χ2v) is 5.46. The predicted molar refractivity (Wildman–Crippen MR) is 86.7 cm³/mol. The number of carbonyl (C=O) groups excluding carboxylic acids is 1. The van der Waals surface area contributed by atoms with Gasteiger partial charge in [-0.3, -0.25) is 9.89 Å². The molecule has 0 saturated carbocycles. The number of hydrogen-bond acceptors (Lipinski definition) is 2. The van der Waals surface area contributed by atoms with Crippen molar-refractivity contribution in [2.75, 3.05) is 6.54 Å². The molecule has 0 aliphatic carbocycles. The van der Waals surface area contributed by atoms with Gasteiger partial charge in [0.1, 0.15) is 5.82 Å². The van der Waals surface area contributed by atoms with Crippen LogP contribution in [0.5, 0.6) is 0 Å². The van der Waals surface area contributed by atoms with E-state index in [0.717, 1.165) is 35.4 Å². The van der Waals surface area contributed by atoms with E-state index in [-0.39, 0.29) is 11.1 Å². The third kappa shape index (κ3) is 3.88. The summed E-state index contributed by atoms with van der Waals surface area (Å²) in [5.41, 5.74) is 1.61. The Labute approximate surface area is 141 Å². The van der Waals surface area contributed by atoms with Crippen molar-refractivity contribution in [3.8, 4) is 11.1 Å². The minimum absolute atomic E-state index is 0.266. The molecule has 0 unspecified atom stereocenters. The summed E-state index contributed by atoms with van der Waals surface area (Å²) in [5.74, 6) is -4.50. The zero-order valence-electron chi connectivity index (χ0n) is 13.0. The van der Waals surface area contributed by atoms with E-state index in [1.165, 1.54) is 0 Å². The van der Waals surface area contributed by atoms with E-state index in [4.69, 9.17) is 0 Å². The molecule has 128 valence electrons. The molecule has 2 aromatic carbocycles. The lowest BCUT2D eigenvalue weighted by atomic mass is 10.1. The van der Waals surface area contributed by atoms with Crippen molar-refractivity contribution in [3.63, 3.8) is 0 Å². The maximum absolute atomic E-state index is 14.1. The number of benzene rings is 2. The van der Waals surface area contributed by atoms with Crippen molar-refractivity contribution in [1.82, 2.24) is 15.5 Å². The zero-order valence-corrected chi connectivity index (χ0v) is 13.0. The van der Waals surface area contributed by atoms with Crippen LogP contribution in [-0.4, -0.2) is 22.6 Å². The first-order valence-electron chi connectivity index (χ1n) is 7.47. The highest BCUT2D eigenvalue weighted by Gasteiger charge is 2.32. The molecule has 7 heteroatoms. The molecule has 25 heavy (non-hydrogen) atoms.